The summed E-state index contributed by atoms with van der Waals surface area (Å²) in [6.07, 6.45) is 4.27. The summed E-state index contributed by atoms with van der Waals surface area (Å²) in [7, 11) is 0. The van der Waals surface area contributed by atoms with Gasteiger partial charge >= 0.3 is 0 Å². The van der Waals surface area contributed by atoms with Gasteiger partial charge in [0, 0.05) is 6.42 Å². The number of rotatable bonds is 6. The molecular formula is C14H19NO2. The molecule has 17 heavy (non-hydrogen) atoms. The predicted octanol–water partition coefficient (Wildman–Crippen LogP) is 3.40. The second-order valence-corrected chi connectivity index (χ2v) is 4.25. The molecule has 1 heterocycles. The third-order valence-electron chi connectivity index (χ3n) is 2.88. The van der Waals surface area contributed by atoms with E-state index in [0.717, 1.165) is 38.0 Å². The van der Waals surface area contributed by atoms with Crippen LogP contribution in [0.15, 0.2) is 35.5 Å². The van der Waals surface area contributed by atoms with Crippen molar-refractivity contribution in [3.8, 4) is 5.75 Å². The summed E-state index contributed by atoms with van der Waals surface area (Å²) in [5, 5.41) is 4.05. The number of nitrogens with zero attached hydrogens (tertiary/aromatic N) is 1. The van der Waals surface area contributed by atoms with Gasteiger partial charge in [0.15, 0.2) is 0 Å². The van der Waals surface area contributed by atoms with Gasteiger partial charge in [-0.3, -0.25) is 0 Å². The zero-order valence-electron chi connectivity index (χ0n) is 10.3. The Balaban J connectivity index is 1.59. The molecule has 0 radical (unpaired) electrons. The van der Waals surface area contributed by atoms with Crippen LogP contribution in [0.3, 0.4) is 0 Å². The van der Waals surface area contributed by atoms with Gasteiger partial charge in [0.05, 0.1) is 12.3 Å². The first kappa shape index (κ1) is 12.0. The summed E-state index contributed by atoms with van der Waals surface area (Å²) >= 11 is 0. The van der Waals surface area contributed by atoms with Gasteiger partial charge in [0.25, 0.3) is 0 Å². The standard InChI is InChI=1S/C14H19NO2/c1-2-12-11-14(17-15-12)9-6-10-16-13-7-4-3-5-8-13/h3-5,7-8,14H,2,6,9-11H2,1H3. The zero-order chi connectivity index (χ0) is 11.9. The predicted molar refractivity (Wildman–Crippen MR) is 68.4 cm³/mol. The molecular weight excluding hydrogens is 214 g/mol. The third-order valence-corrected chi connectivity index (χ3v) is 2.88. The number of benzene rings is 1. The van der Waals surface area contributed by atoms with E-state index >= 15 is 0 Å². The topological polar surface area (TPSA) is 30.8 Å². The molecule has 1 aliphatic rings. The number of oxime groups is 1. The molecule has 0 bridgehead atoms. The second-order valence-electron chi connectivity index (χ2n) is 4.25. The maximum absolute atomic E-state index is 5.63. The van der Waals surface area contributed by atoms with Crippen LogP contribution in [0.25, 0.3) is 0 Å². The van der Waals surface area contributed by atoms with Crippen molar-refractivity contribution in [1.29, 1.82) is 0 Å². The van der Waals surface area contributed by atoms with Gasteiger partial charge < -0.3 is 9.57 Å². The van der Waals surface area contributed by atoms with Crippen LogP contribution in [-0.4, -0.2) is 18.4 Å². The highest BCUT2D eigenvalue weighted by molar-refractivity contribution is 5.85. The Morgan fingerprint density at radius 1 is 1.35 bits per heavy atom. The van der Waals surface area contributed by atoms with Crippen LogP contribution < -0.4 is 4.74 Å². The summed E-state index contributed by atoms with van der Waals surface area (Å²) in [6, 6.07) is 9.91. The third kappa shape index (κ3) is 3.77. The molecule has 2 rings (SSSR count). The van der Waals surface area contributed by atoms with E-state index in [1.54, 1.807) is 0 Å². The highest BCUT2D eigenvalue weighted by Gasteiger charge is 2.18. The van der Waals surface area contributed by atoms with E-state index in [9.17, 15) is 0 Å². The monoisotopic (exact) mass is 233 g/mol. The number of hydrogen-bond acceptors (Lipinski definition) is 3. The molecule has 0 saturated carbocycles. The van der Waals surface area contributed by atoms with E-state index in [2.05, 4.69) is 12.1 Å². The van der Waals surface area contributed by atoms with Crippen LogP contribution in [0.2, 0.25) is 0 Å². The fourth-order valence-corrected chi connectivity index (χ4v) is 1.87. The maximum Gasteiger partial charge on any atom is 0.133 e. The number of ether oxygens (including phenoxy) is 1. The van der Waals surface area contributed by atoms with Crippen molar-refractivity contribution in [2.75, 3.05) is 6.61 Å². The van der Waals surface area contributed by atoms with Gasteiger partial charge in [-0.15, -0.1) is 0 Å². The molecule has 0 aliphatic carbocycles. The van der Waals surface area contributed by atoms with Crippen LogP contribution >= 0.6 is 0 Å². The van der Waals surface area contributed by atoms with Gasteiger partial charge in [-0.2, -0.15) is 0 Å². The molecule has 1 unspecified atom stereocenters. The summed E-state index contributed by atoms with van der Waals surface area (Å²) in [4.78, 5) is 5.34. The van der Waals surface area contributed by atoms with Crippen LogP contribution in [0.5, 0.6) is 5.75 Å². The Hall–Kier alpha value is -1.51. The van der Waals surface area contributed by atoms with E-state index in [1.165, 1.54) is 5.71 Å². The Morgan fingerprint density at radius 3 is 2.88 bits per heavy atom. The number of para-hydroxylation sites is 1. The summed E-state index contributed by atoms with van der Waals surface area (Å²) in [5.74, 6) is 0.935. The van der Waals surface area contributed by atoms with Crippen molar-refractivity contribution in [2.45, 2.75) is 38.7 Å². The average Bonchev–Trinajstić information content (AvgIpc) is 2.84. The van der Waals surface area contributed by atoms with Crippen LogP contribution in [0, 0.1) is 0 Å². The van der Waals surface area contributed by atoms with E-state index in [-0.39, 0.29) is 6.10 Å². The van der Waals surface area contributed by atoms with E-state index in [1.807, 2.05) is 30.3 Å². The first-order valence-corrected chi connectivity index (χ1v) is 6.28. The Bertz CT molecular complexity index is 362. The summed E-state index contributed by atoms with van der Waals surface area (Å²) < 4.78 is 5.63. The van der Waals surface area contributed by atoms with Gasteiger partial charge in [-0.25, -0.2) is 0 Å². The highest BCUT2D eigenvalue weighted by Crippen LogP contribution is 2.17. The molecule has 1 aromatic rings. The van der Waals surface area contributed by atoms with Crippen molar-refractivity contribution in [1.82, 2.24) is 0 Å². The second kappa shape index (κ2) is 6.28. The normalized spacial score (nSPS) is 18.6. The highest BCUT2D eigenvalue weighted by atomic mass is 16.6. The van der Waals surface area contributed by atoms with Crippen molar-refractivity contribution >= 4 is 5.71 Å². The molecule has 0 aromatic heterocycles. The molecule has 1 aliphatic heterocycles. The van der Waals surface area contributed by atoms with Crippen LogP contribution in [0.1, 0.15) is 32.6 Å². The fourth-order valence-electron chi connectivity index (χ4n) is 1.87. The fraction of sp³-hybridized carbons (Fsp3) is 0.500. The van der Waals surface area contributed by atoms with Crippen molar-refractivity contribution in [2.24, 2.45) is 5.16 Å². The smallest absolute Gasteiger partial charge is 0.133 e. The first-order chi connectivity index (χ1) is 8.38. The van der Waals surface area contributed by atoms with E-state index < -0.39 is 0 Å². The molecule has 0 saturated heterocycles. The van der Waals surface area contributed by atoms with Crippen molar-refractivity contribution in [3.63, 3.8) is 0 Å². The molecule has 3 nitrogen and oxygen atoms in total. The zero-order valence-corrected chi connectivity index (χ0v) is 10.3. The van der Waals surface area contributed by atoms with Crippen LogP contribution in [0.4, 0.5) is 0 Å². The molecule has 3 heteroatoms. The van der Waals surface area contributed by atoms with E-state index in [0.29, 0.717) is 0 Å². The van der Waals surface area contributed by atoms with Gasteiger partial charge in [-0.05, 0) is 31.4 Å². The van der Waals surface area contributed by atoms with Gasteiger partial charge in [0.1, 0.15) is 11.9 Å². The lowest BCUT2D eigenvalue weighted by molar-refractivity contribution is 0.0741. The summed E-state index contributed by atoms with van der Waals surface area (Å²) in [5.41, 5.74) is 1.18. The first-order valence-electron chi connectivity index (χ1n) is 6.28. The molecule has 0 spiro atoms. The minimum atomic E-state index is 0.268. The minimum Gasteiger partial charge on any atom is -0.494 e. The van der Waals surface area contributed by atoms with Crippen LogP contribution in [-0.2, 0) is 4.84 Å². The van der Waals surface area contributed by atoms with Gasteiger partial charge in [0.2, 0.25) is 0 Å². The SMILES string of the molecule is CCC1=NOC(CCCOc2ccccc2)C1. The lowest BCUT2D eigenvalue weighted by Gasteiger charge is -2.09. The molecule has 0 fully saturated rings. The van der Waals surface area contributed by atoms with Gasteiger partial charge in [-0.1, -0.05) is 30.3 Å². The quantitative estimate of drug-likeness (QED) is 0.705. The van der Waals surface area contributed by atoms with Crippen molar-refractivity contribution in [3.05, 3.63) is 30.3 Å². The lowest BCUT2D eigenvalue weighted by atomic mass is 10.1. The summed E-state index contributed by atoms with van der Waals surface area (Å²) in [6.45, 7) is 2.86. The molecule has 1 aromatic carbocycles. The Kier molecular flexibility index (Phi) is 4.42. The Labute approximate surface area is 102 Å². The number of hydrogen-bond donors (Lipinski definition) is 0. The lowest BCUT2D eigenvalue weighted by Crippen LogP contribution is -2.09. The van der Waals surface area contributed by atoms with Crippen molar-refractivity contribution < 1.29 is 9.57 Å². The largest absolute Gasteiger partial charge is 0.494 e. The Morgan fingerprint density at radius 2 is 2.18 bits per heavy atom. The average molecular weight is 233 g/mol. The molecule has 1 atom stereocenters. The molecule has 0 amide bonds. The molecule has 0 N–H and O–H groups in total. The van der Waals surface area contributed by atoms with E-state index in [4.69, 9.17) is 9.57 Å². The molecule has 92 valence electrons. The maximum atomic E-state index is 5.63. The minimum absolute atomic E-state index is 0.268.